The first-order valence-electron chi connectivity index (χ1n) is 6.44. The number of hydrogen-bond donors (Lipinski definition) is 3. The standard InChI is InChI=1S/C14H17BrN4O/c15-9-4-5-12-10(7-9)14(11(16)8-19-12)18-6-2-1-3-13(17)20/h4-5,7-8H,1-3,6,16H2,(H2,17,20)(H,18,19). The second-order valence-corrected chi connectivity index (χ2v) is 5.52. The average Bonchev–Trinajstić information content (AvgIpc) is 2.40. The normalized spacial score (nSPS) is 10.7. The fourth-order valence-corrected chi connectivity index (χ4v) is 2.38. The van der Waals surface area contributed by atoms with E-state index in [0.29, 0.717) is 12.1 Å². The predicted octanol–water partition coefficient (Wildman–Crippen LogP) is 2.65. The lowest BCUT2D eigenvalue weighted by Gasteiger charge is -2.12. The van der Waals surface area contributed by atoms with Gasteiger partial charge in [-0.15, -0.1) is 0 Å². The average molecular weight is 337 g/mol. The Morgan fingerprint density at radius 2 is 2.15 bits per heavy atom. The lowest BCUT2D eigenvalue weighted by atomic mass is 10.1. The molecule has 0 aliphatic rings. The molecule has 0 saturated carbocycles. The van der Waals surface area contributed by atoms with Gasteiger partial charge in [0, 0.05) is 22.8 Å². The predicted molar refractivity (Wildman–Crippen MR) is 85.4 cm³/mol. The zero-order chi connectivity index (χ0) is 14.5. The van der Waals surface area contributed by atoms with Crippen LogP contribution in [0.15, 0.2) is 28.9 Å². The number of fused-ring (bicyclic) bond motifs is 1. The van der Waals surface area contributed by atoms with Crippen LogP contribution in [0.3, 0.4) is 0 Å². The number of nitrogens with two attached hydrogens (primary N) is 2. The number of aromatic nitrogens is 1. The Kier molecular flexibility index (Phi) is 4.79. The lowest BCUT2D eigenvalue weighted by molar-refractivity contribution is -0.118. The van der Waals surface area contributed by atoms with E-state index in [4.69, 9.17) is 11.5 Å². The van der Waals surface area contributed by atoms with Gasteiger partial charge in [0.2, 0.25) is 5.91 Å². The number of benzene rings is 1. The van der Waals surface area contributed by atoms with Gasteiger partial charge < -0.3 is 16.8 Å². The van der Waals surface area contributed by atoms with Crippen LogP contribution in [-0.2, 0) is 4.79 Å². The van der Waals surface area contributed by atoms with E-state index in [0.717, 1.165) is 40.4 Å². The van der Waals surface area contributed by atoms with Crippen molar-refractivity contribution in [3.05, 3.63) is 28.9 Å². The van der Waals surface area contributed by atoms with Crippen LogP contribution >= 0.6 is 15.9 Å². The summed E-state index contributed by atoms with van der Waals surface area (Å²) in [6.07, 6.45) is 3.71. The molecule has 0 aliphatic carbocycles. The first kappa shape index (κ1) is 14.6. The third-order valence-corrected chi connectivity index (χ3v) is 3.50. The van der Waals surface area contributed by atoms with Crippen LogP contribution in [0.1, 0.15) is 19.3 Å². The van der Waals surface area contributed by atoms with E-state index in [1.165, 1.54) is 0 Å². The highest BCUT2D eigenvalue weighted by atomic mass is 79.9. The molecular weight excluding hydrogens is 320 g/mol. The van der Waals surface area contributed by atoms with Crippen molar-refractivity contribution >= 4 is 44.1 Å². The van der Waals surface area contributed by atoms with Crippen molar-refractivity contribution in [3.63, 3.8) is 0 Å². The number of anilines is 2. The summed E-state index contributed by atoms with van der Waals surface area (Å²) in [6.45, 7) is 0.739. The molecule has 0 atom stereocenters. The number of nitrogens with one attached hydrogen (secondary N) is 1. The number of primary amides is 1. The molecular formula is C14H17BrN4O. The molecule has 1 amide bonds. The van der Waals surface area contributed by atoms with E-state index in [1.807, 2.05) is 18.2 Å². The van der Waals surface area contributed by atoms with Gasteiger partial charge in [0.1, 0.15) is 0 Å². The number of pyridine rings is 1. The summed E-state index contributed by atoms with van der Waals surface area (Å²) in [5.74, 6) is -0.261. The van der Waals surface area contributed by atoms with Crippen molar-refractivity contribution in [1.82, 2.24) is 4.98 Å². The van der Waals surface area contributed by atoms with Gasteiger partial charge >= 0.3 is 0 Å². The van der Waals surface area contributed by atoms with Gasteiger partial charge in [-0.25, -0.2) is 0 Å². The maximum atomic E-state index is 10.7. The molecule has 0 spiro atoms. The van der Waals surface area contributed by atoms with E-state index in [1.54, 1.807) is 6.20 Å². The van der Waals surface area contributed by atoms with E-state index in [-0.39, 0.29) is 5.91 Å². The molecule has 20 heavy (non-hydrogen) atoms. The number of carbonyl (C=O) groups is 1. The molecule has 2 rings (SSSR count). The minimum Gasteiger partial charge on any atom is -0.396 e. The molecule has 1 aromatic carbocycles. The molecule has 5 N–H and O–H groups in total. The molecule has 106 valence electrons. The Hall–Kier alpha value is -1.82. The van der Waals surface area contributed by atoms with Crippen LogP contribution in [-0.4, -0.2) is 17.4 Å². The molecule has 0 unspecified atom stereocenters. The summed E-state index contributed by atoms with van der Waals surface area (Å²) in [4.78, 5) is 15.0. The summed E-state index contributed by atoms with van der Waals surface area (Å²) in [7, 11) is 0. The highest BCUT2D eigenvalue weighted by Crippen LogP contribution is 2.29. The fourth-order valence-electron chi connectivity index (χ4n) is 2.02. The minimum atomic E-state index is -0.261. The number of hydrogen-bond acceptors (Lipinski definition) is 4. The molecule has 0 fully saturated rings. The van der Waals surface area contributed by atoms with E-state index < -0.39 is 0 Å². The maximum absolute atomic E-state index is 10.7. The number of amides is 1. The van der Waals surface area contributed by atoms with Crippen LogP contribution < -0.4 is 16.8 Å². The van der Waals surface area contributed by atoms with Crippen molar-refractivity contribution in [2.75, 3.05) is 17.6 Å². The van der Waals surface area contributed by atoms with Gasteiger partial charge in [0.25, 0.3) is 0 Å². The summed E-state index contributed by atoms with van der Waals surface area (Å²) >= 11 is 3.45. The van der Waals surface area contributed by atoms with Gasteiger partial charge in [-0.3, -0.25) is 9.78 Å². The SMILES string of the molecule is NC(=O)CCCCNc1c(N)cnc2ccc(Br)cc12. The summed E-state index contributed by atoms with van der Waals surface area (Å²) in [6, 6.07) is 5.88. The highest BCUT2D eigenvalue weighted by molar-refractivity contribution is 9.10. The molecule has 0 radical (unpaired) electrons. The van der Waals surface area contributed by atoms with Gasteiger partial charge in [-0.1, -0.05) is 15.9 Å². The Balaban J connectivity index is 2.10. The number of rotatable bonds is 6. The van der Waals surface area contributed by atoms with Crippen molar-refractivity contribution in [1.29, 1.82) is 0 Å². The fraction of sp³-hybridized carbons (Fsp3) is 0.286. The molecule has 5 nitrogen and oxygen atoms in total. The molecule has 0 saturated heterocycles. The molecule has 0 bridgehead atoms. The van der Waals surface area contributed by atoms with Crippen LogP contribution in [0, 0.1) is 0 Å². The van der Waals surface area contributed by atoms with Crippen molar-refractivity contribution in [2.24, 2.45) is 5.73 Å². The first-order valence-corrected chi connectivity index (χ1v) is 7.23. The summed E-state index contributed by atoms with van der Waals surface area (Å²) < 4.78 is 0.981. The Labute approximate surface area is 125 Å². The number of unbranched alkanes of at least 4 members (excludes halogenated alkanes) is 1. The zero-order valence-corrected chi connectivity index (χ0v) is 12.6. The maximum Gasteiger partial charge on any atom is 0.217 e. The smallest absolute Gasteiger partial charge is 0.217 e. The van der Waals surface area contributed by atoms with Gasteiger partial charge in [-0.2, -0.15) is 0 Å². The van der Waals surface area contributed by atoms with E-state index in [2.05, 4.69) is 26.2 Å². The summed E-state index contributed by atoms with van der Waals surface area (Å²) in [5, 5.41) is 4.30. The van der Waals surface area contributed by atoms with Gasteiger partial charge in [0.15, 0.2) is 0 Å². The van der Waals surface area contributed by atoms with Crippen LogP contribution in [0.4, 0.5) is 11.4 Å². The van der Waals surface area contributed by atoms with E-state index in [9.17, 15) is 4.79 Å². The Morgan fingerprint density at radius 1 is 1.35 bits per heavy atom. The topological polar surface area (TPSA) is 94.0 Å². The lowest BCUT2D eigenvalue weighted by Crippen LogP contribution is -2.11. The monoisotopic (exact) mass is 336 g/mol. The number of carbonyl (C=O) groups excluding carboxylic acids is 1. The van der Waals surface area contributed by atoms with Crippen LogP contribution in [0.5, 0.6) is 0 Å². The molecule has 1 heterocycles. The minimum absolute atomic E-state index is 0.261. The highest BCUT2D eigenvalue weighted by Gasteiger charge is 2.07. The second kappa shape index (κ2) is 6.56. The Bertz CT molecular complexity index is 625. The van der Waals surface area contributed by atoms with E-state index >= 15 is 0 Å². The number of halogens is 1. The van der Waals surface area contributed by atoms with Gasteiger partial charge in [-0.05, 0) is 31.0 Å². The molecule has 1 aromatic heterocycles. The van der Waals surface area contributed by atoms with Crippen molar-refractivity contribution < 1.29 is 4.79 Å². The zero-order valence-electron chi connectivity index (χ0n) is 11.0. The number of nitrogens with zero attached hydrogens (tertiary/aromatic N) is 1. The third kappa shape index (κ3) is 3.60. The quantitative estimate of drug-likeness (QED) is 0.707. The molecule has 0 aliphatic heterocycles. The van der Waals surface area contributed by atoms with Crippen molar-refractivity contribution in [2.45, 2.75) is 19.3 Å². The summed E-state index contributed by atoms with van der Waals surface area (Å²) in [5.41, 5.74) is 13.5. The second-order valence-electron chi connectivity index (χ2n) is 4.60. The van der Waals surface area contributed by atoms with Gasteiger partial charge in [0.05, 0.1) is 23.1 Å². The number of nitrogen functional groups attached to an aromatic ring is 1. The van der Waals surface area contributed by atoms with Crippen LogP contribution in [0.25, 0.3) is 10.9 Å². The third-order valence-electron chi connectivity index (χ3n) is 3.01. The Morgan fingerprint density at radius 3 is 2.90 bits per heavy atom. The molecule has 6 heteroatoms. The largest absolute Gasteiger partial charge is 0.396 e. The van der Waals surface area contributed by atoms with Crippen LogP contribution in [0.2, 0.25) is 0 Å². The first-order chi connectivity index (χ1) is 9.58. The molecule has 2 aromatic rings. The van der Waals surface area contributed by atoms with Crippen molar-refractivity contribution in [3.8, 4) is 0 Å².